The minimum Gasteiger partial charge on any atom is -1.00 e. The van der Waals surface area contributed by atoms with E-state index >= 15 is 0 Å². The Balaban J connectivity index is 0. The number of rotatable bonds is 4. The van der Waals surface area contributed by atoms with Crippen LogP contribution < -0.4 is 30.1 Å². The maximum atomic E-state index is 9.23. The summed E-state index contributed by atoms with van der Waals surface area (Å²) in [7, 11) is -1.49. The van der Waals surface area contributed by atoms with Gasteiger partial charge in [-0.1, -0.05) is 0 Å². The second kappa shape index (κ2) is 8.95. The Bertz CT molecular complexity index is 451. The van der Waals surface area contributed by atoms with Crippen molar-refractivity contribution in [2.45, 2.75) is 52.4 Å². The van der Waals surface area contributed by atoms with Crippen LogP contribution in [0.4, 0.5) is 0 Å². The first-order chi connectivity index (χ1) is 8.58. The molecule has 0 fully saturated rings. The number of aliphatic hydroxyl groups excluding tert-OH is 1. The van der Waals surface area contributed by atoms with Gasteiger partial charge in [-0.2, -0.15) is 0 Å². The molecule has 0 unspecified atom stereocenters. The molecule has 119 valence electrons. The SMILES string of the molecule is CC(=C1C=CC(NC(C)(C)C)=[C]1[Ti+2])[Si](C)(C)CCO.[Cl-].[Cl-]. The van der Waals surface area contributed by atoms with E-state index < -0.39 is 8.07 Å². The van der Waals surface area contributed by atoms with E-state index in [1.54, 1.807) is 0 Å². The van der Waals surface area contributed by atoms with Crippen LogP contribution in [0.15, 0.2) is 32.5 Å². The van der Waals surface area contributed by atoms with Gasteiger partial charge in [0.15, 0.2) is 0 Å². The molecule has 21 heavy (non-hydrogen) atoms. The van der Waals surface area contributed by atoms with Crippen LogP contribution in [0.5, 0.6) is 0 Å². The smallest absolute Gasteiger partial charge is 1.00 e. The molecule has 1 aliphatic carbocycles. The topological polar surface area (TPSA) is 32.3 Å². The number of halogens is 2. The Kier molecular flexibility index (Phi) is 10.1. The molecule has 0 aromatic heterocycles. The van der Waals surface area contributed by atoms with Crippen LogP contribution in [0.2, 0.25) is 19.1 Å². The van der Waals surface area contributed by atoms with Crippen molar-refractivity contribution < 1.29 is 50.4 Å². The molecule has 0 amide bonds. The molecule has 1 rings (SSSR count). The maximum Gasteiger partial charge on any atom is -1.00 e. The molecule has 0 saturated heterocycles. The molecule has 0 saturated carbocycles. The summed E-state index contributed by atoms with van der Waals surface area (Å²) in [6, 6.07) is 0.936. The van der Waals surface area contributed by atoms with Gasteiger partial charge in [-0.3, -0.25) is 0 Å². The quantitative estimate of drug-likeness (QED) is 0.517. The monoisotopic (exact) mass is 382 g/mol. The van der Waals surface area contributed by atoms with E-state index in [0.29, 0.717) is 6.61 Å². The fourth-order valence-corrected chi connectivity index (χ4v) is 4.85. The van der Waals surface area contributed by atoms with Gasteiger partial charge in [-0.25, -0.2) is 0 Å². The molecule has 0 spiro atoms. The molecule has 2 nitrogen and oxygen atoms in total. The Labute approximate surface area is 154 Å². The Hall–Kier alpha value is 0.491. The van der Waals surface area contributed by atoms with E-state index in [0.717, 1.165) is 6.04 Å². The summed E-state index contributed by atoms with van der Waals surface area (Å²) in [5.41, 5.74) is 2.69. The molecule has 0 heterocycles. The molecule has 0 aromatic rings. The zero-order valence-corrected chi connectivity index (χ0v) is 17.8. The van der Waals surface area contributed by atoms with Gasteiger partial charge in [0.25, 0.3) is 0 Å². The Morgan fingerprint density at radius 3 is 2.19 bits per heavy atom. The van der Waals surface area contributed by atoms with Crippen molar-refractivity contribution in [2.75, 3.05) is 6.61 Å². The summed E-state index contributed by atoms with van der Waals surface area (Å²) < 4.78 is 1.34. The molecule has 0 aliphatic heterocycles. The predicted molar refractivity (Wildman–Crippen MR) is 81.1 cm³/mol. The maximum absolute atomic E-state index is 9.23. The average Bonchev–Trinajstić information content (AvgIpc) is 2.57. The number of hydrogen-bond donors (Lipinski definition) is 2. The van der Waals surface area contributed by atoms with Crippen LogP contribution in [0.3, 0.4) is 0 Å². The van der Waals surface area contributed by atoms with E-state index in [-0.39, 0.29) is 30.4 Å². The summed E-state index contributed by atoms with van der Waals surface area (Å²) in [6.07, 6.45) is 4.41. The van der Waals surface area contributed by atoms with Crippen molar-refractivity contribution in [1.29, 1.82) is 0 Å². The van der Waals surface area contributed by atoms with Crippen molar-refractivity contribution >= 4 is 8.07 Å². The number of hydrogen-bond acceptors (Lipinski definition) is 2. The van der Waals surface area contributed by atoms with Gasteiger partial charge >= 0.3 is 130 Å². The van der Waals surface area contributed by atoms with Crippen LogP contribution >= 0.6 is 0 Å². The second-order valence-electron chi connectivity index (χ2n) is 6.89. The molecule has 1 aliphatic rings. The molecule has 0 radical (unpaired) electrons. The second-order valence-corrected chi connectivity index (χ2v) is 12.7. The zero-order chi connectivity index (χ0) is 14.8. The third-order valence-corrected chi connectivity index (χ3v) is 8.24. The van der Waals surface area contributed by atoms with Crippen LogP contribution in [0.1, 0.15) is 27.7 Å². The van der Waals surface area contributed by atoms with Crippen LogP contribution in [0, 0.1) is 0 Å². The third-order valence-electron chi connectivity index (χ3n) is 3.62. The van der Waals surface area contributed by atoms with Gasteiger partial charge in [0.05, 0.1) is 0 Å². The first-order valence-corrected chi connectivity index (χ1v) is 10.8. The van der Waals surface area contributed by atoms with Crippen molar-refractivity contribution in [3.05, 3.63) is 32.5 Å². The van der Waals surface area contributed by atoms with Crippen LogP contribution in [0.25, 0.3) is 0 Å². The fraction of sp³-hybridized carbons (Fsp3) is 0.600. The van der Waals surface area contributed by atoms with Gasteiger partial charge in [0.2, 0.25) is 0 Å². The summed E-state index contributed by atoms with van der Waals surface area (Å²) in [4.78, 5) is 0. The Morgan fingerprint density at radius 2 is 1.76 bits per heavy atom. The van der Waals surface area contributed by atoms with E-state index in [4.69, 9.17) is 0 Å². The first-order valence-electron chi connectivity index (χ1n) is 6.83. The molecule has 0 bridgehead atoms. The molecule has 2 N–H and O–H groups in total. The third kappa shape index (κ3) is 6.64. The number of allylic oxidation sites excluding steroid dienone is 5. The van der Waals surface area contributed by atoms with Crippen molar-refractivity contribution in [3.63, 3.8) is 0 Å². The Morgan fingerprint density at radius 1 is 1.24 bits per heavy atom. The van der Waals surface area contributed by atoms with Crippen molar-refractivity contribution in [2.24, 2.45) is 0 Å². The van der Waals surface area contributed by atoms with Gasteiger partial charge in [-0.05, 0) is 0 Å². The molecule has 0 atom stereocenters. The van der Waals surface area contributed by atoms with Gasteiger partial charge in [0.1, 0.15) is 0 Å². The number of aliphatic hydroxyl groups is 1. The summed E-state index contributed by atoms with van der Waals surface area (Å²) in [5.74, 6) is 0. The number of nitrogens with one attached hydrogen (secondary N) is 1. The summed E-state index contributed by atoms with van der Waals surface area (Å²) in [6.45, 7) is 13.7. The minimum atomic E-state index is -1.49. The van der Waals surface area contributed by atoms with E-state index in [1.165, 1.54) is 20.3 Å². The molecular weight excluding hydrogens is 357 g/mol. The fourth-order valence-electron chi connectivity index (χ4n) is 2.13. The van der Waals surface area contributed by atoms with E-state index in [9.17, 15) is 5.11 Å². The normalized spacial score (nSPS) is 17.4. The minimum absolute atomic E-state index is 0. The standard InChI is InChI=1S/C15H26NOSi.2ClH.Ti/c1-12(18(5,6)10-9-17)13-7-8-14(11-13)16-15(2,3)4;;;/h7-8,16-17H,9-10H2,1-6H3;2*1H;/q;;;+2/p-2. The molecule has 6 heteroatoms. The van der Waals surface area contributed by atoms with Crippen LogP contribution in [-0.4, -0.2) is 25.3 Å². The van der Waals surface area contributed by atoms with Gasteiger partial charge in [0, 0.05) is 0 Å². The zero-order valence-electron chi connectivity index (χ0n) is 13.8. The summed E-state index contributed by atoms with van der Waals surface area (Å²) >= 11 is 2.19. The van der Waals surface area contributed by atoms with E-state index in [1.807, 2.05) is 0 Å². The molecule has 0 aromatic carbocycles. The van der Waals surface area contributed by atoms with Gasteiger partial charge in [-0.15, -0.1) is 0 Å². The predicted octanol–water partition coefficient (Wildman–Crippen LogP) is -2.73. The average molecular weight is 383 g/mol. The van der Waals surface area contributed by atoms with Crippen molar-refractivity contribution in [1.82, 2.24) is 5.32 Å². The van der Waals surface area contributed by atoms with Gasteiger partial charge < -0.3 is 24.8 Å². The van der Waals surface area contributed by atoms with E-state index in [2.05, 4.69) is 78.7 Å². The van der Waals surface area contributed by atoms with Crippen LogP contribution in [-0.2, 0) is 20.4 Å². The molecular formula is C15H26Cl2NOSiTi. The summed E-state index contributed by atoms with van der Waals surface area (Å²) in [5, 5.41) is 14.3. The largest absolute Gasteiger partial charge is 1.00 e. The van der Waals surface area contributed by atoms with Crippen molar-refractivity contribution in [3.8, 4) is 0 Å². The first kappa shape index (κ1) is 23.8.